The van der Waals surface area contributed by atoms with Gasteiger partial charge in [-0.1, -0.05) is 13.8 Å². The zero-order chi connectivity index (χ0) is 13.5. The van der Waals surface area contributed by atoms with Crippen LogP contribution < -0.4 is 4.90 Å². The average Bonchev–Trinajstić information content (AvgIpc) is 2.68. The number of anilines is 1. The number of rotatable bonds is 5. The molecule has 0 amide bonds. The van der Waals surface area contributed by atoms with E-state index < -0.39 is 11.9 Å². The van der Waals surface area contributed by atoms with E-state index in [4.69, 9.17) is 9.63 Å². The van der Waals surface area contributed by atoms with Gasteiger partial charge in [-0.25, -0.2) is 0 Å². The molecule has 1 heterocycles. The Morgan fingerprint density at radius 2 is 2.06 bits per heavy atom. The molecule has 1 N–H and O–H groups in total. The molecule has 1 saturated carbocycles. The first-order valence-corrected chi connectivity index (χ1v) is 6.24. The van der Waals surface area contributed by atoms with Crippen molar-refractivity contribution in [1.82, 2.24) is 10.1 Å². The van der Waals surface area contributed by atoms with Gasteiger partial charge in [0.1, 0.15) is 0 Å². The standard InChI is InChI=1S/C12H19N3O3/c1-5-15(6-2)11-13-9(18-14-11)7-8(10(16)17)12(7,3)4/h7-8H,5-6H2,1-4H3,(H,16,17). The van der Waals surface area contributed by atoms with Crippen LogP contribution in [0.25, 0.3) is 0 Å². The monoisotopic (exact) mass is 253 g/mol. The van der Waals surface area contributed by atoms with Gasteiger partial charge in [0, 0.05) is 13.1 Å². The van der Waals surface area contributed by atoms with Gasteiger partial charge in [-0.3, -0.25) is 4.79 Å². The Labute approximate surface area is 106 Å². The molecule has 0 spiro atoms. The van der Waals surface area contributed by atoms with Gasteiger partial charge < -0.3 is 14.5 Å². The van der Waals surface area contributed by atoms with Gasteiger partial charge in [-0.05, 0) is 24.4 Å². The zero-order valence-electron chi connectivity index (χ0n) is 11.2. The third kappa shape index (κ3) is 1.85. The van der Waals surface area contributed by atoms with Crippen molar-refractivity contribution in [3.63, 3.8) is 0 Å². The fourth-order valence-corrected chi connectivity index (χ4v) is 2.55. The smallest absolute Gasteiger partial charge is 0.307 e. The summed E-state index contributed by atoms with van der Waals surface area (Å²) in [6, 6.07) is 0. The van der Waals surface area contributed by atoms with Gasteiger partial charge in [0.05, 0.1) is 11.8 Å². The lowest BCUT2D eigenvalue weighted by Gasteiger charge is -2.14. The van der Waals surface area contributed by atoms with Gasteiger partial charge in [0.25, 0.3) is 5.95 Å². The van der Waals surface area contributed by atoms with Crippen LogP contribution in [0.4, 0.5) is 5.95 Å². The zero-order valence-corrected chi connectivity index (χ0v) is 11.2. The maximum Gasteiger partial charge on any atom is 0.307 e. The van der Waals surface area contributed by atoms with E-state index in [0.717, 1.165) is 13.1 Å². The third-order valence-corrected chi connectivity index (χ3v) is 3.84. The Morgan fingerprint density at radius 3 is 2.50 bits per heavy atom. The minimum absolute atomic E-state index is 0.174. The fraction of sp³-hybridized carbons (Fsp3) is 0.750. The summed E-state index contributed by atoms with van der Waals surface area (Å²) >= 11 is 0. The van der Waals surface area contributed by atoms with Crippen LogP contribution in [0.5, 0.6) is 0 Å². The number of hydrogen-bond donors (Lipinski definition) is 1. The first kappa shape index (κ1) is 12.9. The molecule has 6 heteroatoms. The van der Waals surface area contributed by atoms with E-state index >= 15 is 0 Å². The van der Waals surface area contributed by atoms with Crippen LogP contribution in [0, 0.1) is 11.3 Å². The first-order valence-electron chi connectivity index (χ1n) is 6.24. The van der Waals surface area contributed by atoms with Crippen LogP contribution in [0.15, 0.2) is 4.52 Å². The van der Waals surface area contributed by atoms with Crippen LogP contribution in [0.3, 0.4) is 0 Å². The lowest BCUT2D eigenvalue weighted by Crippen LogP contribution is -2.23. The van der Waals surface area contributed by atoms with Crippen LogP contribution >= 0.6 is 0 Å². The molecule has 1 aliphatic rings. The van der Waals surface area contributed by atoms with E-state index in [0.29, 0.717) is 11.8 Å². The SMILES string of the molecule is CCN(CC)c1noc(C2C(C(=O)O)C2(C)C)n1. The molecule has 18 heavy (non-hydrogen) atoms. The van der Waals surface area contributed by atoms with Crippen LogP contribution in [-0.2, 0) is 4.79 Å². The topological polar surface area (TPSA) is 79.5 Å². The molecule has 2 unspecified atom stereocenters. The normalized spacial score (nSPS) is 24.9. The summed E-state index contributed by atoms with van der Waals surface area (Å²) in [5.41, 5.74) is -0.307. The van der Waals surface area contributed by atoms with Crippen LogP contribution in [0.1, 0.15) is 39.5 Å². The summed E-state index contributed by atoms with van der Waals surface area (Å²) in [7, 11) is 0. The summed E-state index contributed by atoms with van der Waals surface area (Å²) in [4.78, 5) is 17.4. The van der Waals surface area contributed by atoms with Gasteiger partial charge in [-0.2, -0.15) is 4.98 Å². The maximum absolute atomic E-state index is 11.1. The predicted molar refractivity (Wildman–Crippen MR) is 65.5 cm³/mol. The van der Waals surface area contributed by atoms with E-state index in [-0.39, 0.29) is 11.3 Å². The summed E-state index contributed by atoms with van der Waals surface area (Å²) in [5, 5.41) is 13.1. The van der Waals surface area contributed by atoms with Gasteiger partial charge in [0.15, 0.2) is 0 Å². The molecule has 0 aromatic carbocycles. The summed E-state index contributed by atoms with van der Waals surface area (Å²) in [6.07, 6.45) is 0. The molecule has 0 radical (unpaired) electrons. The number of hydrogen-bond acceptors (Lipinski definition) is 5. The second kappa shape index (κ2) is 4.26. The van der Waals surface area contributed by atoms with E-state index in [1.165, 1.54) is 0 Å². The van der Waals surface area contributed by atoms with Gasteiger partial charge >= 0.3 is 5.97 Å². The highest BCUT2D eigenvalue weighted by atomic mass is 16.5. The molecule has 100 valence electrons. The van der Waals surface area contributed by atoms with E-state index in [9.17, 15) is 4.79 Å². The fourth-order valence-electron chi connectivity index (χ4n) is 2.55. The van der Waals surface area contributed by atoms with Crippen molar-refractivity contribution in [3.8, 4) is 0 Å². The number of aromatic nitrogens is 2. The van der Waals surface area contributed by atoms with E-state index in [1.54, 1.807) is 0 Å². The molecular weight excluding hydrogens is 234 g/mol. The highest BCUT2D eigenvalue weighted by Gasteiger charge is 2.65. The van der Waals surface area contributed by atoms with Crippen molar-refractivity contribution in [2.75, 3.05) is 18.0 Å². The number of aliphatic carboxylic acids is 1. The molecule has 2 atom stereocenters. The third-order valence-electron chi connectivity index (χ3n) is 3.84. The Hall–Kier alpha value is -1.59. The molecule has 0 bridgehead atoms. The molecule has 0 saturated heterocycles. The molecule has 6 nitrogen and oxygen atoms in total. The molecule has 1 fully saturated rings. The van der Waals surface area contributed by atoms with Crippen LogP contribution in [0.2, 0.25) is 0 Å². The van der Waals surface area contributed by atoms with Crippen molar-refractivity contribution in [3.05, 3.63) is 5.89 Å². The van der Waals surface area contributed by atoms with E-state index in [2.05, 4.69) is 10.1 Å². The predicted octanol–water partition coefficient (Wildman–Crippen LogP) is 1.74. The molecule has 2 rings (SSSR count). The lowest BCUT2D eigenvalue weighted by atomic mass is 10.1. The highest BCUT2D eigenvalue weighted by Crippen LogP contribution is 2.64. The van der Waals surface area contributed by atoms with Crippen molar-refractivity contribution < 1.29 is 14.4 Å². The Bertz CT molecular complexity index is 451. The van der Waals surface area contributed by atoms with Crippen molar-refractivity contribution in [2.45, 2.75) is 33.6 Å². The Balaban J connectivity index is 2.19. The molecule has 1 aromatic rings. The number of carboxylic acid groups (broad SMARTS) is 1. The largest absolute Gasteiger partial charge is 0.481 e. The van der Waals surface area contributed by atoms with Gasteiger partial charge in [0.2, 0.25) is 5.89 Å². The van der Waals surface area contributed by atoms with Crippen molar-refractivity contribution in [1.29, 1.82) is 0 Å². The maximum atomic E-state index is 11.1. The Morgan fingerprint density at radius 1 is 1.44 bits per heavy atom. The van der Waals surface area contributed by atoms with Crippen LogP contribution in [-0.4, -0.2) is 34.3 Å². The lowest BCUT2D eigenvalue weighted by molar-refractivity contribution is -0.139. The van der Waals surface area contributed by atoms with E-state index in [1.807, 2.05) is 32.6 Å². The molecular formula is C12H19N3O3. The van der Waals surface area contributed by atoms with Crippen molar-refractivity contribution >= 4 is 11.9 Å². The highest BCUT2D eigenvalue weighted by molar-refractivity contribution is 5.77. The summed E-state index contributed by atoms with van der Waals surface area (Å²) in [6.45, 7) is 9.45. The number of nitrogens with zero attached hydrogens (tertiary/aromatic N) is 3. The molecule has 1 aliphatic carbocycles. The molecule has 0 aliphatic heterocycles. The minimum Gasteiger partial charge on any atom is -0.481 e. The van der Waals surface area contributed by atoms with Crippen molar-refractivity contribution in [2.24, 2.45) is 11.3 Å². The van der Waals surface area contributed by atoms with Gasteiger partial charge in [-0.15, -0.1) is 0 Å². The second-order valence-electron chi connectivity index (χ2n) is 5.22. The second-order valence-corrected chi connectivity index (χ2v) is 5.22. The summed E-state index contributed by atoms with van der Waals surface area (Å²) < 4.78 is 5.22. The molecule has 1 aromatic heterocycles. The number of carbonyl (C=O) groups is 1. The first-order chi connectivity index (χ1) is 8.43. The Kier molecular flexibility index (Phi) is 3.04. The minimum atomic E-state index is -0.799. The quantitative estimate of drug-likeness (QED) is 0.861. The average molecular weight is 253 g/mol. The number of carboxylic acids is 1. The summed E-state index contributed by atoms with van der Waals surface area (Å²) in [5.74, 6) is -0.418.